The summed E-state index contributed by atoms with van der Waals surface area (Å²) in [6.07, 6.45) is -4.49. The van der Waals surface area contributed by atoms with Gasteiger partial charge in [0.25, 0.3) is 5.91 Å². The van der Waals surface area contributed by atoms with Gasteiger partial charge in [-0.15, -0.1) is 11.3 Å². The van der Waals surface area contributed by atoms with E-state index in [4.69, 9.17) is 9.47 Å². The van der Waals surface area contributed by atoms with Crippen LogP contribution in [0.15, 0.2) is 47.8 Å². The van der Waals surface area contributed by atoms with E-state index in [1.54, 1.807) is 23.6 Å². The van der Waals surface area contributed by atoms with Crippen molar-refractivity contribution in [1.29, 1.82) is 0 Å². The molecule has 0 aliphatic carbocycles. The lowest BCUT2D eigenvalue weighted by molar-refractivity contribution is -0.138. The second-order valence-electron chi connectivity index (χ2n) is 6.40. The zero-order valence-electron chi connectivity index (χ0n) is 16.5. The van der Waals surface area contributed by atoms with Crippen molar-refractivity contribution in [2.24, 2.45) is 0 Å². The van der Waals surface area contributed by atoms with Crippen molar-refractivity contribution < 1.29 is 27.4 Å². The van der Waals surface area contributed by atoms with Gasteiger partial charge >= 0.3 is 6.18 Å². The molecule has 0 aliphatic heterocycles. The van der Waals surface area contributed by atoms with E-state index < -0.39 is 17.6 Å². The minimum atomic E-state index is -4.49. The molecule has 1 aromatic heterocycles. The van der Waals surface area contributed by atoms with Gasteiger partial charge in [0.1, 0.15) is 10.7 Å². The SMILES string of the molecule is COc1cccc(-c2nc(C(=O)N(C)Cc3ccccc3C(F)(F)F)cs2)c1OC. The Morgan fingerprint density at radius 3 is 2.50 bits per heavy atom. The molecule has 2 aromatic carbocycles. The Morgan fingerprint density at radius 1 is 1.10 bits per heavy atom. The number of halogens is 3. The first-order valence-electron chi connectivity index (χ1n) is 8.83. The molecule has 0 fully saturated rings. The number of methoxy groups -OCH3 is 2. The van der Waals surface area contributed by atoms with Gasteiger partial charge in [-0.3, -0.25) is 4.79 Å². The molecule has 1 heterocycles. The topological polar surface area (TPSA) is 51.7 Å². The summed E-state index contributed by atoms with van der Waals surface area (Å²) in [4.78, 5) is 18.3. The highest BCUT2D eigenvalue weighted by Crippen LogP contribution is 2.39. The summed E-state index contributed by atoms with van der Waals surface area (Å²) in [6, 6.07) is 10.5. The van der Waals surface area contributed by atoms with Crippen LogP contribution in [0, 0.1) is 0 Å². The van der Waals surface area contributed by atoms with Gasteiger partial charge in [-0.25, -0.2) is 4.98 Å². The Bertz CT molecular complexity index is 1050. The van der Waals surface area contributed by atoms with Crippen molar-refractivity contribution in [2.75, 3.05) is 21.3 Å². The fourth-order valence-corrected chi connectivity index (χ4v) is 3.82. The van der Waals surface area contributed by atoms with Crippen LogP contribution in [0.3, 0.4) is 0 Å². The molecular weight excluding hydrogens is 417 g/mol. The fourth-order valence-electron chi connectivity index (χ4n) is 3.01. The number of thiazole rings is 1. The lowest BCUT2D eigenvalue weighted by atomic mass is 10.1. The van der Waals surface area contributed by atoms with E-state index >= 15 is 0 Å². The van der Waals surface area contributed by atoms with Crippen LogP contribution >= 0.6 is 11.3 Å². The molecule has 30 heavy (non-hydrogen) atoms. The zero-order chi connectivity index (χ0) is 21.9. The predicted molar refractivity (Wildman–Crippen MR) is 108 cm³/mol. The third-order valence-corrected chi connectivity index (χ3v) is 5.31. The molecular formula is C21H19F3N2O3S. The summed E-state index contributed by atoms with van der Waals surface area (Å²) in [5, 5.41) is 2.11. The van der Waals surface area contributed by atoms with E-state index in [1.807, 2.05) is 0 Å². The van der Waals surface area contributed by atoms with Gasteiger partial charge in [-0.1, -0.05) is 24.3 Å². The molecule has 0 bridgehead atoms. The van der Waals surface area contributed by atoms with Crippen LogP contribution in [0.2, 0.25) is 0 Å². The number of benzene rings is 2. The van der Waals surface area contributed by atoms with Gasteiger partial charge in [0.15, 0.2) is 11.5 Å². The molecule has 158 valence electrons. The number of carbonyl (C=O) groups is 1. The number of rotatable bonds is 6. The molecule has 0 unspecified atom stereocenters. The maximum atomic E-state index is 13.2. The minimum Gasteiger partial charge on any atom is -0.493 e. The van der Waals surface area contributed by atoms with Crippen LogP contribution in [-0.2, 0) is 12.7 Å². The van der Waals surface area contributed by atoms with Crippen LogP contribution in [-0.4, -0.2) is 37.1 Å². The highest BCUT2D eigenvalue weighted by Gasteiger charge is 2.33. The quantitative estimate of drug-likeness (QED) is 0.538. The van der Waals surface area contributed by atoms with Gasteiger partial charge in [0.05, 0.1) is 25.3 Å². The van der Waals surface area contributed by atoms with E-state index in [1.165, 1.54) is 55.7 Å². The molecule has 5 nitrogen and oxygen atoms in total. The Morgan fingerprint density at radius 2 is 1.83 bits per heavy atom. The second kappa shape index (κ2) is 8.74. The van der Waals surface area contributed by atoms with Crippen LogP contribution in [0.4, 0.5) is 13.2 Å². The molecule has 0 saturated heterocycles. The monoisotopic (exact) mass is 436 g/mol. The highest BCUT2D eigenvalue weighted by atomic mass is 32.1. The van der Waals surface area contributed by atoms with Crippen molar-refractivity contribution in [3.8, 4) is 22.1 Å². The number of ether oxygens (including phenoxy) is 2. The summed E-state index contributed by atoms with van der Waals surface area (Å²) < 4.78 is 50.3. The fraction of sp³-hybridized carbons (Fsp3) is 0.238. The normalized spacial score (nSPS) is 11.3. The summed E-state index contributed by atoms with van der Waals surface area (Å²) in [7, 11) is 4.47. The summed E-state index contributed by atoms with van der Waals surface area (Å²) >= 11 is 1.24. The first kappa shape index (κ1) is 21.6. The van der Waals surface area contributed by atoms with E-state index in [0.717, 1.165) is 6.07 Å². The maximum absolute atomic E-state index is 13.2. The third kappa shape index (κ3) is 4.40. The zero-order valence-corrected chi connectivity index (χ0v) is 17.3. The summed E-state index contributed by atoms with van der Waals surface area (Å²) in [6.45, 7) is -0.191. The molecule has 3 rings (SSSR count). The van der Waals surface area contributed by atoms with Crippen LogP contribution < -0.4 is 9.47 Å². The van der Waals surface area contributed by atoms with Gasteiger partial charge in [-0.05, 0) is 23.8 Å². The average Bonchev–Trinajstić information content (AvgIpc) is 3.22. The van der Waals surface area contributed by atoms with Crippen LogP contribution in [0.5, 0.6) is 11.5 Å². The third-order valence-electron chi connectivity index (χ3n) is 4.43. The van der Waals surface area contributed by atoms with Gasteiger partial charge < -0.3 is 14.4 Å². The number of carbonyl (C=O) groups excluding carboxylic acids is 1. The predicted octanol–water partition coefficient (Wildman–Crippen LogP) is 5.12. The molecule has 9 heteroatoms. The number of aromatic nitrogens is 1. The molecule has 3 aromatic rings. The van der Waals surface area contributed by atoms with Crippen LogP contribution in [0.25, 0.3) is 10.6 Å². The number of hydrogen-bond donors (Lipinski definition) is 0. The van der Waals surface area contributed by atoms with Crippen molar-refractivity contribution >= 4 is 17.2 Å². The Hall–Kier alpha value is -3.07. The average molecular weight is 436 g/mol. The van der Waals surface area contributed by atoms with Crippen molar-refractivity contribution in [2.45, 2.75) is 12.7 Å². The first-order chi connectivity index (χ1) is 14.3. The van der Waals surface area contributed by atoms with E-state index in [2.05, 4.69) is 4.98 Å². The molecule has 0 atom stereocenters. The lowest BCUT2D eigenvalue weighted by Gasteiger charge is -2.19. The number of alkyl halides is 3. The Labute approximate surface area is 175 Å². The van der Waals surface area contributed by atoms with Gasteiger partial charge in [-0.2, -0.15) is 13.2 Å². The largest absolute Gasteiger partial charge is 0.493 e. The Kier molecular flexibility index (Phi) is 6.31. The van der Waals surface area contributed by atoms with Crippen LogP contribution in [0.1, 0.15) is 21.6 Å². The number of para-hydroxylation sites is 1. The van der Waals surface area contributed by atoms with E-state index in [0.29, 0.717) is 22.1 Å². The maximum Gasteiger partial charge on any atom is 0.416 e. The molecule has 0 saturated carbocycles. The highest BCUT2D eigenvalue weighted by molar-refractivity contribution is 7.13. The number of hydrogen-bond acceptors (Lipinski definition) is 5. The molecule has 1 amide bonds. The lowest BCUT2D eigenvalue weighted by Crippen LogP contribution is -2.27. The van der Waals surface area contributed by atoms with E-state index in [9.17, 15) is 18.0 Å². The van der Waals surface area contributed by atoms with Crippen molar-refractivity contribution in [1.82, 2.24) is 9.88 Å². The molecule has 0 aliphatic rings. The first-order valence-corrected chi connectivity index (χ1v) is 9.71. The molecule has 0 radical (unpaired) electrons. The second-order valence-corrected chi connectivity index (χ2v) is 7.25. The minimum absolute atomic E-state index is 0.0192. The van der Waals surface area contributed by atoms with Gasteiger partial charge in [0.2, 0.25) is 0 Å². The Balaban J connectivity index is 1.84. The van der Waals surface area contributed by atoms with E-state index in [-0.39, 0.29) is 17.8 Å². The van der Waals surface area contributed by atoms with Gasteiger partial charge in [0, 0.05) is 19.0 Å². The summed E-state index contributed by atoms with van der Waals surface area (Å²) in [5.74, 6) is 0.538. The van der Waals surface area contributed by atoms with Crippen molar-refractivity contribution in [3.05, 3.63) is 64.7 Å². The standard InChI is InChI=1S/C21H19F3N2O3S/c1-26(11-13-7-4-5-9-15(13)21(22,23)24)20(27)16-12-30-19(25-16)14-8-6-10-17(28-2)18(14)29-3/h4-10,12H,11H2,1-3H3. The molecule has 0 spiro atoms. The number of amides is 1. The smallest absolute Gasteiger partial charge is 0.416 e. The number of nitrogens with zero attached hydrogens (tertiary/aromatic N) is 2. The summed E-state index contributed by atoms with van der Waals surface area (Å²) in [5.41, 5.74) is 0.0633. The molecule has 0 N–H and O–H groups in total. The van der Waals surface area contributed by atoms with Crippen molar-refractivity contribution in [3.63, 3.8) is 0 Å².